The van der Waals surface area contributed by atoms with E-state index in [4.69, 9.17) is 16.7 Å². The molecular weight excluding hydrogens is 273 g/mol. The minimum Gasteiger partial charge on any atom is -0.481 e. The first kappa shape index (κ1) is 14.6. The van der Waals surface area contributed by atoms with Crippen molar-refractivity contribution < 1.29 is 23.1 Å². The lowest BCUT2D eigenvalue weighted by atomic mass is 10.2. The molecule has 1 aromatic heterocycles. The molecule has 100 valence electrons. The summed E-state index contributed by atoms with van der Waals surface area (Å²) in [5.41, 5.74) is -0.954. The van der Waals surface area contributed by atoms with Crippen LogP contribution in [0.1, 0.15) is 12.5 Å². The standard InChI is InChI=1S/C10H10ClF3N2O2/c1-5(9(17)18)3-15-8-7(11)2-6(4-16-8)10(12,13)14/h2,4-5H,3H2,1H3,(H,15,16)(H,17,18). The molecular formula is C10H10ClF3N2O2. The summed E-state index contributed by atoms with van der Waals surface area (Å²) in [4.78, 5) is 14.1. The van der Waals surface area contributed by atoms with Gasteiger partial charge in [-0.25, -0.2) is 4.98 Å². The van der Waals surface area contributed by atoms with Crippen LogP contribution in [0.5, 0.6) is 0 Å². The van der Waals surface area contributed by atoms with Crippen LogP contribution in [0, 0.1) is 5.92 Å². The zero-order valence-electron chi connectivity index (χ0n) is 9.25. The molecule has 1 aromatic rings. The van der Waals surface area contributed by atoms with E-state index < -0.39 is 23.6 Å². The van der Waals surface area contributed by atoms with Gasteiger partial charge in [0.25, 0.3) is 0 Å². The highest BCUT2D eigenvalue weighted by atomic mass is 35.5. The maximum atomic E-state index is 12.3. The number of anilines is 1. The van der Waals surface area contributed by atoms with Gasteiger partial charge in [0, 0.05) is 12.7 Å². The third kappa shape index (κ3) is 3.76. The lowest BCUT2D eigenvalue weighted by Gasteiger charge is -2.12. The van der Waals surface area contributed by atoms with E-state index in [9.17, 15) is 18.0 Å². The first-order valence-corrected chi connectivity index (χ1v) is 5.29. The Morgan fingerprint density at radius 1 is 1.61 bits per heavy atom. The fourth-order valence-electron chi connectivity index (χ4n) is 1.06. The van der Waals surface area contributed by atoms with Gasteiger partial charge in [0.1, 0.15) is 5.82 Å². The van der Waals surface area contributed by atoms with E-state index in [1.807, 2.05) is 0 Å². The van der Waals surface area contributed by atoms with Crippen LogP contribution >= 0.6 is 11.6 Å². The first-order chi connectivity index (χ1) is 8.21. The molecule has 1 unspecified atom stereocenters. The molecule has 0 aliphatic carbocycles. The highest BCUT2D eigenvalue weighted by Gasteiger charge is 2.31. The van der Waals surface area contributed by atoms with Crippen LogP contribution in [0.15, 0.2) is 12.3 Å². The molecule has 0 aliphatic heterocycles. The molecule has 0 saturated heterocycles. The Morgan fingerprint density at radius 3 is 2.67 bits per heavy atom. The number of aromatic nitrogens is 1. The number of nitrogens with one attached hydrogen (secondary N) is 1. The molecule has 1 heterocycles. The van der Waals surface area contributed by atoms with E-state index in [1.54, 1.807) is 0 Å². The Hall–Kier alpha value is -1.50. The normalized spacial score (nSPS) is 13.2. The molecule has 1 atom stereocenters. The number of nitrogens with zero attached hydrogens (tertiary/aromatic N) is 1. The van der Waals surface area contributed by atoms with Gasteiger partial charge in [0.2, 0.25) is 0 Å². The molecule has 18 heavy (non-hydrogen) atoms. The van der Waals surface area contributed by atoms with Crippen LogP contribution in [0.2, 0.25) is 5.02 Å². The number of hydrogen-bond donors (Lipinski definition) is 2. The molecule has 0 spiro atoms. The Bertz CT molecular complexity index is 451. The van der Waals surface area contributed by atoms with Crippen LogP contribution in [0.3, 0.4) is 0 Å². The number of alkyl halides is 3. The number of halogens is 4. The van der Waals surface area contributed by atoms with Gasteiger partial charge in [0.05, 0.1) is 16.5 Å². The largest absolute Gasteiger partial charge is 0.481 e. The van der Waals surface area contributed by atoms with E-state index >= 15 is 0 Å². The molecule has 0 radical (unpaired) electrons. The average Bonchev–Trinajstić information content (AvgIpc) is 2.25. The van der Waals surface area contributed by atoms with E-state index in [0.717, 1.165) is 6.07 Å². The lowest BCUT2D eigenvalue weighted by molar-refractivity contribution is -0.140. The summed E-state index contributed by atoms with van der Waals surface area (Å²) in [5, 5.41) is 11.0. The second-order valence-corrected chi connectivity index (χ2v) is 4.08. The van der Waals surface area contributed by atoms with E-state index in [2.05, 4.69) is 10.3 Å². The fourth-order valence-corrected chi connectivity index (χ4v) is 1.29. The van der Waals surface area contributed by atoms with Gasteiger partial charge in [-0.2, -0.15) is 13.2 Å². The monoisotopic (exact) mass is 282 g/mol. The molecule has 4 nitrogen and oxygen atoms in total. The van der Waals surface area contributed by atoms with Crippen molar-refractivity contribution in [3.63, 3.8) is 0 Å². The maximum absolute atomic E-state index is 12.3. The molecule has 0 bridgehead atoms. The molecule has 2 N–H and O–H groups in total. The van der Waals surface area contributed by atoms with Crippen LogP contribution in [-0.4, -0.2) is 22.6 Å². The zero-order chi connectivity index (χ0) is 13.9. The van der Waals surface area contributed by atoms with Crippen LogP contribution in [0.25, 0.3) is 0 Å². The molecule has 1 rings (SSSR count). The smallest absolute Gasteiger partial charge is 0.417 e. The van der Waals surface area contributed by atoms with Crippen molar-refractivity contribution in [1.82, 2.24) is 4.98 Å². The SMILES string of the molecule is CC(CNc1ncc(C(F)(F)F)cc1Cl)C(=O)O. The number of carbonyl (C=O) groups is 1. The van der Waals surface area contributed by atoms with Gasteiger partial charge in [-0.05, 0) is 6.07 Å². The van der Waals surface area contributed by atoms with E-state index in [-0.39, 0.29) is 17.4 Å². The summed E-state index contributed by atoms with van der Waals surface area (Å²) >= 11 is 5.63. The Balaban J connectivity index is 2.78. The van der Waals surface area contributed by atoms with Crippen LogP contribution in [0.4, 0.5) is 19.0 Å². The van der Waals surface area contributed by atoms with Gasteiger partial charge in [-0.15, -0.1) is 0 Å². The summed E-state index contributed by atoms with van der Waals surface area (Å²) in [6, 6.07) is 0.738. The van der Waals surface area contributed by atoms with Gasteiger partial charge in [0.15, 0.2) is 0 Å². The molecule has 0 fully saturated rings. The maximum Gasteiger partial charge on any atom is 0.417 e. The van der Waals surface area contributed by atoms with Gasteiger partial charge in [-0.1, -0.05) is 18.5 Å². The topological polar surface area (TPSA) is 62.2 Å². The predicted molar refractivity (Wildman–Crippen MR) is 59.5 cm³/mol. The van der Waals surface area contributed by atoms with Crippen molar-refractivity contribution >= 4 is 23.4 Å². The van der Waals surface area contributed by atoms with E-state index in [0.29, 0.717) is 6.20 Å². The summed E-state index contributed by atoms with van der Waals surface area (Å²) in [7, 11) is 0. The summed E-state index contributed by atoms with van der Waals surface area (Å²) < 4.78 is 37.0. The van der Waals surface area contributed by atoms with Crippen LogP contribution < -0.4 is 5.32 Å². The Labute approximate surface area is 106 Å². The lowest BCUT2D eigenvalue weighted by Crippen LogP contribution is -2.20. The Kier molecular flexibility index (Phi) is 4.39. The number of aliphatic carboxylic acids is 1. The predicted octanol–water partition coefficient (Wildman–Crippen LogP) is 2.89. The van der Waals surface area contributed by atoms with Gasteiger partial charge < -0.3 is 10.4 Å². The number of carboxylic acid groups (broad SMARTS) is 1. The van der Waals surface area contributed by atoms with Crippen molar-refractivity contribution in [2.45, 2.75) is 13.1 Å². The molecule has 8 heteroatoms. The summed E-state index contributed by atoms with van der Waals surface area (Å²) in [6.07, 6.45) is -3.87. The Morgan fingerprint density at radius 2 is 2.22 bits per heavy atom. The van der Waals surface area contributed by atoms with Crippen molar-refractivity contribution in [1.29, 1.82) is 0 Å². The fraction of sp³-hybridized carbons (Fsp3) is 0.400. The van der Waals surface area contributed by atoms with Crippen molar-refractivity contribution in [2.24, 2.45) is 5.92 Å². The third-order valence-electron chi connectivity index (χ3n) is 2.17. The van der Waals surface area contributed by atoms with Crippen LogP contribution in [-0.2, 0) is 11.0 Å². The zero-order valence-corrected chi connectivity index (χ0v) is 10.0. The minimum atomic E-state index is -4.51. The molecule has 0 aromatic carbocycles. The third-order valence-corrected chi connectivity index (χ3v) is 2.45. The van der Waals surface area contributed by atoms with Gasteiger partial charge in [-0.3, -0.25) is 4.79 Å². The van der Waals surface area contributed by atoms with Crippen molar-refractivity contribution in [3.8, 4) is 0 Å². The second-order valence-electron chi connectivity index (χ2n) is 3.67. The summed E-state index contributed by atoms with van der Waals surface area (Å²) in [6.45, 7) is 1.47. The average molecular weight is 283 g/mol. The molecule has 0 aliphatic rings. The number of rotatable bonds is 4. The highest BCUT2D eigenvalue weighted by Crippen LogP contribution is 2.32. The summed E-state index contributed by atoms with van der Waals surface area (Å²) in [5.74, 6) is -1.70. The minimum absolute atomic E-state index is 0.0212. The van der Waals surface area contributed by atoms with Crippen molar-refractivity contribution in [3.05, 3.63) is 22.8 Å². The number of pyridine rings is 1. The highest BCUT2D eigenvalue weighted by molar-refractivity contribution is 6.32. The van der Waals surface area contributed by atoms with Gasteiger partial charge >= 0.3 is 12.1 Å². The van der Waals surface area contributed by atoms with Crippen molar-refractivity contribution in [2.75, 3.05) is 11.9 Å². The number of carboxylic acids is 1. The number of hydrogen-bond acceptors (Lipinski definition) is 3. The molecule has 0 amide bonds. The molecule has 0 saturated carbocycles. The quantitative estimate of drug-likeness (QED) is 0.891. The van der Waals surface area contributed by atoms with E-state index in [1.165, 1.54) is 6.92 Å². The second kappa shape index (κ2) is 5.43. The first-order valence-electron chi connectivity index (χ1n) is 4.91.